The molecule has 3 aromatic rings. The zero-order valence-corrected chi connectivity index (χ0v) is 20.4. The van der Waals surface area contributed by atoms with E-state index < -0.39 is 23.6 Å². The zero-order valence-electron chi connectivity index (χ0n) is 18.7. The fraction of sp³-hybridized carbons (Fsp3) is 0.115. The molecule has 0 aromatic heterocycles. The number of carbonyl (C=O) groups excluding carboxylic acids is 2. The van der Waals surface area contributed by atoms with Crippen LogP contribution in [0.3, 0.4) is 0 Å². The van der Waals surface area contributed by atoms with Gasteiger partial charge < -0.3 is 9.47 Å². The van der Waals surface area contributed by atoms with Crippen molar-refractivity contribution in [3.63, 3.8) is 0 Å². The van der Waals surface area contributed by atoms with Gasteiger partial charge in [0, 0.05) is 0 Å². The summed E-state index contributed by atoms with van der Waals surface area (Å²) in [5.74, 6) is -0.587. The van der Waals surface area contributed by atoms with Gasteiger partial charge >= 0.3 is 12.1 Å². The van der Waals surface area contributed by atoms with Gasteiger partial charge in [-0.2, -0.15) is 13.2 Å². The second-order valence-corrected chi connectivity index (χ2v) is 9.14. The Kier molecular flexibility index (Phi) is 7.46. The van der Waals surface area contributed by atoms with Crippen molar-refractivity contribution in [1.82, 2.24) is 0 Å². The first-order valence-corrected chi connectivity index (χ1v) is 11.9. The minimum Gasteiger partial charge on any atom is -0.490 e. The van der Waals surface area contributed by atoms with Gasteiger partial charge in [-0.1, -0.05) is 54.3 Å². The fourth-order valence-corrected chi connectivity index (χ4v) is 4.66. The monoisotopic (exact) mass is 529 g/mol. The number of anilines is 1. The van der Waals surface area contributed by atoms with Gasteiger partial charge in [-0.15, -0.1) is 0 Å². The first-order valence-electron chi connectivity index (χ1n) is 10.7. The number of carbonyl (C=O) groups is 2. The van der Waals surface area contributed by atoms with Crippen LogP contribution in [-0.2, 0) is 11.0 Å². The maximum atomic E-state index is 13.1. The summed E-state index contributed by atoms with van der Waals surface area (Å²) in [5, 5.41) is 0. The summed E-state index contributed by atoms with van der Waals surface area (Å²) >= 11 is 6.25. The van der Waals surface area contributed by atoms with Crippen LogP contribution >= 0.6 is 24.0 Å². The SMILES string of the molecule is CCOc1cc(/C=C2/SC(=S)N(c3cccc(C(F)(F)F)c3)C2=O)ccc1OC(=O)c1ccccc1. The number of alkyl halides is 3. The molecule has 0 saturated carbocycles. The highest BCUT2D eigenvalue weighted by Gasteiger charge is 2.36. The summed E-state index contributed by atoms with van der Waals surface area (Å²) in [6, 6.07) is 17.7. The predicted molar refractivity (Wildman–Crippen MR) is 136 cm³/mol. The lowest BCUT2D eigenvalue weighted by atomic mass is 10.1. The number of rotatable bonds is 6. The molecule has 1 aliphatic rings. The highest BCUT2D eigenvalue weighted by molar-refractivity contribution is 8.27. The smallest absolute Gasteiger partial charge is 0.416 e. The quantitative estimate of drug-likeness (QED) is 0.153. The van der Waals surface area contributed by atoms with Crippen molar-refractivity contribution in [2.75, 3.05) is 11.5 Å². The fourth-order valence-electron chi connectivity index (χ4n) is 3.36. The molecular formula is C26H18F3NO4S2. The Bertz CT molecular complexity index is 1360. The lowest BCUT2D eigenvalue weighted by Crippen LogP contribution is -2.27. The molecule has 0 bridgehead atoms. The van der Waals surface area contributed by atoms with Crippen LogP contribution in [0, 0.1) is 0 Å². The number of hydrogen-bond donors (Lipinski definition) is 0. The van der Waals surface area contributed by atoms with Gasteiger partial charge in [0.2, 0.25) is 0 Å². The molecule has 10 heteroatoms. The van der Waals surface area contributed by atoms with Crippen LogP contribution in [0.2, 0.25) is 0 Å². The number of thioether (sulfide) groups is 1. The third-order valence-electron chi connectivity index (χ3n) is 5.00. The van der Waals surface area contributed by atoms with Gasteiger partial charge in [0.05, 0.1) is 28.3 Å². The van der Waals surface area contributed by atoms with Crippen LogP contribution in [0.4, 0.5) is 18.9 Å². The Balaban J connectivity index is 1.59. The summed E-state index contributed by atoms with van der Waals surface area (Å²) in [4.78, 5) is 26.8. The molecule has 0 spiro atoms. The second kappa shape index (κ2) is 10.5. The van der Waals surface area contributed by atoms with E-state index in [2.05, 4.69) is 0 Å². The molecule has 0 aliphatic carbocycles. The van der Waals surface area contributed by atoms with Crippen molar-refractivity contribution < 1.29 is 32.2 Å². The van der Waals surface area contributed by atoms with E-state index in [1.165, 1.54) is 12.1 Å². The molecule has 1 heterocycles. The molecule has 4 rings (SSSR count). The van der Waals surface area contributed by atoms with Crippen molar-refractivity contribution in [3.05, 3.63) is 94.4 Å². The molecule has 36 heavy (non-hydrogen) atoms. The number of hydrogen-bond acceptors (Lipinski definition) is 6. The predicted octanol–water partition coefficient (Wildman–Crippen LogP) is 6.73. The van der Waals surface area contributed by atoms with Crippen LogP contribution in [0.1, 0.15) is 28.4 Å². The van der Waals surface area contributed by atoms with E-state index in [9.17, 15) is 22.8 Å². The van der Waals surface area contributed by atoms with Crippen LogP contribution in [0.15, 0.2) is 77.7 Å². The lowest BCUT2D eigenvalue weighted by molar-refractivity contribution is -0.137. The molecule has 0 unspecified atom stereocenters. The molecule has 1 aliphatic heterocycles. The van der Waals surface area contributed by atoms with E-state index >= 15 is 0 Å². The first-order chi connectivity index (χ1) is 17.2. The average Bonchev–Trinajstić information content (AvgIpc) is 3.13. The van der Waals surface area contributed by atoms with Crippen LogP contribution in [-0.4, -0.2) is 22.8 Å². The largest absolute Gasteiger partial charge is 0.490 e. The van der Waals surface area contributed by atoms with Crippen LogP contribution in [0.5, 0.6) is 11.5 Å². The molecule has 0 radical (unpaired) electrons. The third kappa shape index (κ3) is 5.60. The number of nitrogens with zero attached hydrogens (tertiary/aromatic N) is 1. The molecule has 3 aromatic carbocycles. The van der Waals surface area contributed by atoms with Crippen molar-refractivity contribution in [1.29, 1.82) is 0 Å². The van der Waals surface area contributed by atoms with Gasteiger partial charge in [0.15, 0.2) is 15.8 Å². The van der Waals surface area contributed by atoms with Crippen LogP contribution < -0.4 is 14.4 Å². The Hall–Kier alpha value is -3.63. The van der Waals surface area contributed by atoms with E-state index in [0.717, 1.165) is 28.8 Å². The van der Waals surface area contributed by atoms with Gasteiger partial charge in [0.25, 0.3) is 5.91 Å². The van der Waals surface area contributed by atoms with Gasteiger partial charge in [-0.25, -0.2) is 4.79 Å². The number of benzene rings is 3. The average molecular weight is 530 g/mol. The van der Waals surface area contributed by atoms with E-state index in [1.807, 2.05) is 0 Å². The van der Waals surface area contributed by atoms with E-state index in [0.29, 0.717) is 23.5 Å². The zero-order chi connectivity index (χ0) is 25.9. The third-order valence-corrected chi connectivity index (χ3v) is 6.31. The number of esters is 1. The van der Waals surface area contributed by atoms with E-state index in [1.54, 1.807) is 61.5 Å². The Morgan fingerprint density at radius 3 is 2.47 bits per heavy atom. The van der Waals surface area contributed by atoms with Crippen LogP contribution in [0.25, 0.3) is 6.08 Å². The van der Waals surface area contributed by atoms with E-state index in [4.69, 9.17) is 21.7 Å². The van der Waals surface area contributed by atoms with Gasteiger partial charge in [0.1, 0.15) is 0 Å². The number of thiocarbonyl (C=S) groups is 1. The van der Waals surface area contributed by atoms with Crippen molar-refractivity contribution in [2.45, 2.75) is 13.1 Å². The van der Waals surface area contributed by atoms with Crippen molar-refractivity contribution >= 4 is 51.9 Å². The second-order valence-electron chi connectivity index (χ2n) is 7.46. The number of amides is 1. The summed E-state index contributed by atoms with van der Waals surface area (Å²) in [6.45, 7) is 2.08. The summed E-state index contributed by atoms with van der Waals surface area (Å²) in [6.07, 6.45) is -2.99. The summed E-state index contributed by atoms with van der Waals surface area (Å²) in [5.41, 5.74) is 0.0960. The number of halogens is 3. The first kappa shape index (κ1) is 25.5. The molecule has 5 nitrogen and oxygen atoms in total. The normalized spacial score (nSPS) is 14.9. The van der Waals surface area contributed by atoms with Gasteiger partial charge in [-0.05, 0) is 61.0 Å². The van der Waals surface area contributed by atoms with Gasteiger partial charge in [-0.3, -0.25) is 9.69 Å². The summed E-state index contributed by atoms with van der Waals surface area (Å²) in [7, 11) is 0. The molecule has 0 N–H and O–H groups in total. The molecule has 1 amide bonds. The standard InChI is InChI=1S/C26H18F3NO4S2/c1-2-33-21-13-16(11-12-20(21)34-24(32)17-7-4-3-5-8-17)14-22-23(31)30(25(35)36-22)19-10-6-9-18(15-19)26(27,28)29/h3-15H,2H2,1H3/b22-14+. The minimum absolute atomic E-state index is 0.0360. The molecule has 184 valence electrons. The highest BCUT2D eigenvalue weighted by atomic mass is 32.2. The maximum Gasteiger partial charge on any atom is 0.416 e. The minimum atomic E-state index is -4.55. The summed E-state index contributed by atoms with van der Waals surface area (Å²) < 4.78 is 50.6. The highest BCUT2D eigenvalue weighted by Crippen LogP contribution is 2.39. The Labute approximate surface area is 214 Å². The maximum absolute atomic E-state index is 13.1. The lowest BCUT2D eigenvalue weighted by Gasteiger charge is -2.16. The van der Waals surface area contributed by atoms with Crippen molar-refractivity contribution in [3.8, 4) is 11.5 Å². The molecule has 1 fully saturated rings. The van der Waals surface area contributed by atoms with Crippen molar-refractivity contribution in [2.24, 2.45) is 0 Å². The molecular weight excluding hydrogens is 511 g/mol. The number of ether oxygens (including phenoxy) is 2. The molecule has 0 atom stereocenters. The Morgan fingerprint density at radius 1 is 1.03 bits per heavy atom. The van der Waals surface area contributed by atoms with E-state index in [-0.39, 0.29) is 20.7 Å². The topological polar surface area (TPSA) is 55.8 Å². The Morgan fingerprint density at radius 2 is 1.78 bits per heavy atom. The molecule has 1 saturated heterocycles.